The van der Waals surface area contributed by atoms with E-state index in [1.807, 2.05) is 48.5 Å². The second kappa shape index (κ2) is 8.17. The van der Waals surface area contributed by atoms with Crippen LogP contribution in [0.15, 0.2) is 54.6 Å². The first-order valence-corrected chi connectivity index (χ1v) is 9.72. The van der Waals surface area contributed by atoms with Crippen LogP contribution >= 0.6 is 0 Å². The van der Waals surface area contributed by atoms with Crippen molar-refractivity contribution in [3.8, 4) is 28.9 Å². The van der Waals surface area contributed by atoms with Gasteiger partial charge >= 0.3 is 0 Å². The Morgan fingerprint density at radius 2 is 1.93 bits per heavy atom. The normalized spacial score (nSPS) is 16.1. The number of benzene rings is 2. The van der Waals surface area contributed by atoms with Gasteiger partial charge in [-0.3, -0.25) is 4.79 Å². The standard InChI is InChI=1S/C22H22N6O2/c23-14-27-11-5-7-16(13-27)28-21(24)19(22(25)29)20(26-28)15-6-4-10-18(12-15)30-17-8-2-1-3-9-17/h1-4,6,8-10,12,16H,5,7,11,13,24H2,(H2,25,29)/t16-/m0/s1. The number of primary amides is 1. The van der Waals surface area contributed by atoms with Crippen LogP contribution in [0, 0.1) is 11.5 Å². The molecule has 1 amide bonds. The molecule has 0 unspecified atom stereocenters. The van der Waals surface area contributed by atoms with Gasteiger partial charge in [-0.25, -0.2) is 4.68 Å². The number of aromatic nitrogens is 2. The Balaban J connectivity index is 1.71. The Morgan fingerprint density at radius 3 is 2.67 bits per heavy atom. The van der Waals surface area contributed by atoms with Crippen LogP contribution in [-0.4, -0.2) is 33.7 Å². The quantitative estimate of drug-likeness (QED) is 0.632. The molecule has 1 fully saturated rings. The molecule has 4 rings (SSSR count). The van der Waals surface area contributed by atoms with Crippen molar-refractivity contribution in [3.05, 3.63) is 60.2 Å². The van der Waals surface area contributed by atoms with E-state index in [0.717, 1.165) is 12.8 Å². The van der Waals surface area contributed by atoms with Crippen molar-refractivity contribution < 1.29 is 9.53 Å². The van der Waals surface area contributed by atoms with Gasteiger partial charge in [0, 0.05) is 12.1 Å². The molecular weight excluding hydrogens is 380 g/mol. The summed E-state index contributed by atoms with van der Waals surface area (Å²) in [4.78, 5) is 13.9. The summed E-state index contributed by atoms with van der Waals surface area (Å²) in [5.74, 6) is 0.886. The van der Waals surface area contributed by atoms with Gasteiger partial charge in [0.1, 0.15) is 28.6 Å². The van der Waals surface area contributed by atoms with Gasteiger partial charge in [-0.15, -0.1) is 0 Å². The molecule has 0 aliphatic carbocycles. The molecule has 1 atom stereocenters. The first kappa shape index (κ1) is 19.3. The third-order valence-corrected chi connectivity index (χ3v) is 5.16. The maximum Gasteiger partial charge on any atom is 0.254 e. The minimum atomic E-state index is -0.643. The maximum absolute atomic E-state index is 12.2. The number of hydrogen-bond donors (Lipinski definition) is 2. The van der Waals surface area contributed by atoms with Crippen LogP contribution in [0.1, 0.15) is 29.2 Å². The third kappa shape index (κ3) is 3.78. The van der Waals surface area contributed by atoms with E-state index >= 15 is 0 Å². The predicted octanol–water partition coefficient (Wildman–Crippen LogP) is 3.14. The lowest BCUT2D eigenvalue weighted by Crippen LogP contribution is -2.34. The van der Waals surface area contributed by atoms with Crippen LogP contribution in [0.25, 0.3) is 11.3 Å². The van der Waals surface area contributed by atoms with Gasteiger partial charge < -0.3 is 21.1 Å². The topological polar surface area (TPSA) is 123 Å². The Labute approximate surface area is 174 Å². The molecule has 1 aliphatic rings. The molecule has 152 valence electrons. The van der Waals surface area contributed by atoms with Crippen molar-refractivity contribution in [3.63, 3.8) is 0 Å². The van der Waals surface area contributed by atoms with Gasteiger partial charge in [0.2, 0.25) is 0 Å². The molecule has 3 aromatic rings. The molecule has 1 aliphatic heterocycles. The largest absolute Gasteiger partial charge is 0.457 e. The number of rotatable bonds is 5. The van der Waals surface area contributed by atoms with Crippen LogP contribution in [0.5, 0.6) is 11.5 Å². The Hall–Kier alpha value is -3.99. The second-order valence-corrected chi connectivity index (χ2v) is 7.20. The fourth-order valence-electron chi connectivity index (χ4n) is 3.75. The van der Waals surface area contributed by atoms with E-state index in [2.05, 4.69) is 11.3 Å². The van der Waals surface area contributed by atoms with Crippen molar-refractivity contribution >= 4 is 11.7 Å². The average Bonchev–Trinajstić information content (AvgIpc) is 3.12. The number of ether oxygens (including phenoxy) is 1. The van der Waals surface area contributed by atoms with Gasteiger partial charge in [-0.2, -0.15) is 10.4 Å². The number of amides is 1. The highest BCUT2D eigenvalue weighted by Crippen LogP contribution is 2.34. The van der Waals surface area contributed by atoms with Crippen LogP contribution in [0.4, 0.5) is 5.82 Å². The summed E-state index contributed by atoms with van der Waals surface area (Å²) in [6.07, 6.45) is 3.84. The number of para-hydroxylation sites is 1. The number of anilines is 1. The zero-order valence-electron chi connectivity index (χ0n) is 16.4. The number of carbonyl (C=O) groups is 1. The summed E-state index contributed by atoms with van der Waals surface area (Å²) in [7, 11) is 0. The van der Waals surface area contributed by atoms with Crippen LogP contribution < -0.4 is 16.2 Å². The van der Waals surface area contributed by atoms with Crippen LogP contribution in [-0.2, 0) is 0 Å². The second-order valence-electron chi connectivity index (χ2n) is 7.20. The molecule has 8 nitrogen and oxygen atoms in total. The summed E-state index contributed by atoms with van der Waals surface area (Å²) in [6, 6.07) is 16.6. The fourth-order valence-corrected chi connectivity index (χ4v) is 3.75. The number of carbonyl (C=O) groups excluding carboxylic acids is 1. The fraction of sp³-hybridized carbons (Fsp3) is 0.227. The molecule has 1 saturated heterocycles. The zero-order valence-corrected chi connectivity index (χ0v) is 16.4. The van der Waals surface area contributed by atoms with Gasteiger partial charge in [0.15, 0.2) is 6.19 Å². The van der Waals surface area contributed by atoms with Crippen molar-refractivity contribution in [2.24, 2.45) is 5.73 Å². The monoisotopic (exact) mass is 402 g/mol. The molecule has 0 spiro atoms. The van der Waals surface area contributed by atoms with E-state index in [9.17, 15) is 10.1 Å². The molecule has 0 radical (unpaired) electrons. The number of nitriles is 1. The molecule has 4 N–H and O–H groups in total. The van der Waals surface area contributed by atoms with Gasteiger partial charge in [0.25, 0.3) is 5.91 Å². The molecule has 30 heavy (non-hydrogen) atoms. The number of hydrogen-bond acceptors (Lipinski definition) is 6. The molecule has 0 bridgehead atoms. The number of nitrogens with two attached hydrogens (primary N) is 2. The van der Waals surface area contributed by atoms with E-state index < -0.39 is 5.91 Å². The van der Waals surface area contributed by atoms with E-state index in [4.69, 9.17) is 16.2 Å². The number of nitrogen functional groups attached to an aromatic ring is 1. The Morgan fingerprint density at radius 1 is 1.17 bits per heavy atom. The number of likely N-dealkylation sites (tertiary alicyclic amines) is 1. The third-order valence-electron chi connectivity index (χ3n) is 5.16. The van der Waals surface area contributed by atoms with Gasteiger partial charge in [-0.05, 0) is 37.1 Å². The zero-order chi connectivity index (χ0) is 21.1. The summed E-state index contributed by atoms with van der Waals surface area (Å²) < 4.78 is 7.53. The molecular formula is C22H22N6O2. The summed E-state index contributed by atoms with van der Waals surface area (Å²) in [5.41, 5.74) is 13.2. The van der Waals surface area contributed by atoms with Crippen molar-refractivity contribution in [2.75, 3.05) is 18.8 Å². The van der Waals surface area contributed by atoms with E-state index in [0.29, 0.717) is 35.8 Å². The van der Waals surface area contributed by atoms with Crippen molar-refractivity contribution in [1.29, 1.82) is 5.26 Å². The molecule has 0 saturated carbocycles. The summed E-state index contributed by atoms with van der Waals surface area (Å²) in [5, 5.41) is 13.9. The lowest BCUT2D eigenvalue weighted by molar-refractivity contribution is 0.100. The number of nitrogens with zero attached hydrogens (tertiary/aromatic N) is 4. The Kier molecular flexibility index (Phi) is 5.26. The SMILES string of the molecule is N#CN1CCC[C@H](n2nc(-c3cccc(Oc4ccccc4)c3)c(C(N)=O)c2N)C1. The lowest BCUT2D eigenvalue weighted by atomic mass is 10.1. The molecule has 1 aromatic heterocycles. The van der Waals surface area contributed by atoms with Crippen molar-refractivity contribution in [2.45, 2.75) is 18.9 Å². The molecule has 2 aromatic carbocycles. The average molecular weight is 402 g/mol. The first-order valence-electron chi connectivity index (χ1n) is 9.72. The van der Waals surface area contributed by atoms with E-state index in [1.54, 1.807) is 15.6 Å². The van der Waals surface area contributed by atoms with Crippen LogP contribution in [0.3, 0.4) is 0 Å². The minimum Gasteiger partial charge on any atom is -0.457 e. The summed E-state index contributed by atoms with van der Waals surface area (Å²) >= 11 is 0. The molecule has 2 heterocycles. The van der Waals surface area contributed by atoms with Gasteiger partial charge in [-0.1, -0.05) is 30.3 Å². The smallest absolute Gasteiger partial charge is 0.254 e. The lowest BCUT2D eigenvalue weighted by Gasteiger charge is -2.29. The summed E-state index contributed by atoms with van der Waals surface area (Å²) in [6.45, 7) is 1.21. The predicted molar refractivity (Wildman–Crippen MR) is 113 cm³/mol. The highest BCUT2D eigenvalue weighted by Gasteiger charge is 2.28. The highest BCUT2D eigenvalue weighted by atomic mass is 16.5. The van der Waals surface area contributed by atoms with Crippen LogP contribution in [0.2, 0.25) is 0 Å². The van der Waals surface area contributed by atoms with E-state index in [1.165, 1.54) is 0 Å². The molecule has 8 heteroatoms. The van der Waals surface area contributed by atoms with E-state index in [-0.39, 0.29) is 17.4 Å². The first-order chi connectivity index (χ1) is 14.6. The number of piperidine rings is 1. The van der Waals surface area contributed by atoms with Gasteiger partial charge in [0.05, 0.1) is 12.6 Å². The highest BCUT2D eigenvalue weighted by molar-refractivity contribution is 6.03. The Bertz CT molecular complexity index is 1100. The minimum absolute atomic E-state index is 0.103. The van der Waals surface area contributed by atoms with Crippen molar-refractivity contribution in [1.82, 2.24) is 14.7 Å². The maximum atomic E-state index is 12.2.